The molecule has 1 unspecified atom stereocenters. The van der Waals surface area contributed by atoms with Gasteiger partial charge < -0.3 is 4.90 Å². The van der Waals surface area contributed by atoms with Crippen molar-refractivity contribution < 1.29 is 9.72 Å². The second-order valence-electron chi connectivity index (χ2n) is 5.26. The molecule has 2 aliphatic rings. The van der Waals surface area contributed by atoms with Crippen molar-refractivity contribution in [2.75, 3.05) is 39.8 Å². The van der Waals surface area contributed by atoms with Gasteiger partial charge in [0.2, 0.25) is 0 Å². The lowest BCUT2D eigenvalue weighted by atomic mass is 9.95. The zero-order valence-corrected chi connectivity index (χ0v) is 12.2. The van der Waals surface area contributed by atoms with Crippen LogP contribution in [0.25, 0.3) is 0 Å². The molecule has 0 radical (unpaired) electrons. The maximum absolute atomic E-state index is 11.3. The second kappa shape index (κ2) is 6.47. The van der Waals surface area contributed by atoms with Gasteiger partial charge in [-0.15, -0.1) is 0 Å². The zero-order valence-electron chi connectivity index (χ0n) is 11.4. The van der Waals surface area contributed by atoms with Gasteiger partial charge in [0.1, 0.15) is 10.8 Å². The van der Waals surface area contributed by atoms with E-state index in [4.69, 9.17) is 11.6 Å². The molecule has 1 amide bonds. The SMILES string of the molecule is CN1CCN(CC2=CCC(C(=O)[N+](=O)[O-])C=C2Cl)CC1. The van der Waals surface area contributed by atoms with Crippen molar-refractivity contribution in [2.24, 2.45) is 5.92 Å². The average molecular weight is 300 g/mol. The molecule has 0 spiro atoms. The monoisotopic (exact) mass is 299 g/mol. The Balaban J connectivity index is 1.93. The molecule has 0 aromatic heterocycles. The summed E-state index contributed by atoms with van der Waals surface area (Å²) in [6.45, 7) is 4.75. The van der Waals surface area contributed by atoms with Gasteiger partial charge in [0.05, 0.1) is 0 Å². The fraction of sp³-hybridized carbons (Fsp3) is 0.615. The summed E-state index contributed by atoms with van der Waals surface area (Å²) in [5.41, 5.74) is 0.962. The van der Waals surface area contributed by atoms with Gasteiger partial charge >= 0.3 is 5.91 Å². The Morgan fingerprint density at radius 2 is 2.10 bits per heavy atom. The average Bonchev–Trinajstić information content (AvgIpc) is 2.42. The Morgan fingerprint density at radius 1 is 1.45 bits per heavy atom. The summed E-state index contributed by atoms with van der Waals surface area (Å²) < 4.78 is 0. The Hall–Kier alpha value is -1.24. The third kappa shape index (κ3) is 3.65. The lowest BCUT2D eigenvalue weighted by molar-refractivity contribution is -0.405. The normalized spacial score (nSPS) is 25.0. The van der Waals surface area contributed by atoms with Gasteiger partial charge in [-0.05, 0) is 25.1 Å². The number of amides is 1. The smallest absolute Gasteiger partial charge is 0.304 e. The highest BCUT2D eigenvalue weighted by Crippen LogP contribution is 2.27. The van der Waals surface area contributed by atoms with E-state index < -0.39 is 16.7 Å². The van der Waals surface area contributed by atoms with Crippen molar-refractivity contribution in [3.05, 3.63) is 32.9 Å². The van der Waals surface area contributed by atoms with E-state index in [1.807, 2.05) is 6.08 Å². The van der Waals surface area contributed by atoms with E-state index in [0.29, 0.717) is 11.5 Å². The molecule has 1 fully saturated rings. The van der Waals surface area contributed by atoms with Crippen molar-refractivity contribution in [3.63, 3.8) is 0 Å². The molecule has 2 rings (SSSR count). The van der Waals surface area contributed by atoms with Crippen LogP contribution in [0.5, 0.6) is 0 Å². The lowest BCUT2D eigenvalue weighted by Gasteiger charge is -2.33. The third-order valence-corrected chi connectivity index (χ3v) is 4.13. The first kappa shape index (κ1) is 15.2. The molecule has 1 heterocycles. The number of hydrogen-bond donors (Lipinski definition) is 0. The van der Waals surface area contributed by atoms with E-state index in [0.717, 1.165) is 38.3 Å². The number of rotatable bonds is 3. The van der Waals surface area contributed by atoms with Gasteiger partial charge in [-0.25, -0.2) is 4.79 Å². The summed E-state index contributed by atoms with van der Waals surface area (Å²) >= 11 is 6.15. The molecular formula is C13H18ClN3O3. The van der Waals surface area contributed by atoms with Crippen LogP contribution in [0.2, 0.25) is 0 Å². The predicted octanol–water partition coefficient (Wildman–Crippen LogP) is 1.11. The van der Waals surface area contributed by atoms with Crippen LogP contribution in [0.15, 0.2) is 22.8 Å². The number of nitrogens with zero attached hydrogens (tertiary/aromatic N) is 3. The minimum Gasteiger partial charge on any atom is -0.304 e. The van der Waals surface area contributed by atoms with Gasteiger partial charge in [-0.2, -0.15) is 0 Å². The van der Waals surface area contributed by atoms with E-state index in [9.17, 15) is 14.9 Å². The van der Waals surface area contributed by atoms with E-state index in [2.05, 4.69) is 16.8 Å². The third-order valence-electron chi connectivity index (χ3n) is 3.76. The van der Waals surface area contributed by atoms with Crippen LogP contribution in [-0.4, -0.2) is 60.4 Å². The molecule has 1 atom stereocenters. The van der Waals surface area contributed by atoms with E-state index in [1.165, 1.54) is 6.08 Å². The first-order chi connectivity index (χ1) is 9.47. The molecule has 20 heavy (non-hydrogen) atoms. The molecule has 1 aliphatic carbocycles. The van der Waals surface area contributed by atoms with Gasteiger partial charge in [-0.3, -0.25) is 15.0 Å². The quantitative estimate of drug-likeness (QED) is 0.577. The maximum Gasteiger partial charge on any atom is 0.451 e. The number of piperazine rings is 1. The van der Waals surface area contributed by atoms with Crippen molar-refractivity contribution in [1.29, 1.82) is 0 Å². The molecule has 1 aliphatic heterocycles. The van der Waals surface area contributed by atoms with Crippen LogP contribution in [0.3, 0.4) is 0 Å². The molecule has 0 aromatic rings. The number of carbonyl (C=O) groups excluding carboxylic acids is 1. The van der Waals surface area contributed by atoms with Gasteiger partial charge in [0.25, 0.3) is 0 Å². The molecule has 110 valence electrons. The maximum atomic E-state index is 11.3. The number of halogens is 1. The summed E-state index contributed by atoms with van der Waals surface area (Å²) in [6.07, 6.45) is 3.73. The highest BCUT2D eigenvalue weighted by atomic mass is 35.5. The Kier molecular flexibility index (Phi) is 4.91. The van der Waals surface area contributed by atoms with Crippen LogP contribution >= 0.6 is 11.6 Å². The van der Waals surface area contributed by atoms with Crippen molar-refractivity contribution in [1.82, 2.24) is 9.80 Å². The molecule has 6 nitrogen and oxygen atoms in total. The van der Waals surface area contributed by atoms with Gasteiger partial charge in [-0.1, -0.05) is 17.7 Å². The van der Waals surface area contributed by atoms with Crippen molar-refractivity contribution in [3.8, 4) is 0 Å². The number of allylic oxidation sites excluding steroid dienone is 1. The molecular weight excluding hydrogens is 282 g/mol. The number of hydrogen-bond acceptors (Lipinski definition) is 5. The summed E-state index contributed by atoms with van der Waals surface area (Å²) in [6, 6.07) is 0. The van der Waals surface area contributed by atoms with Crippen molar-refractivity contribution in [2.45, 2.75) is 6.42 Å². The van der Waals surface area contributed by atoms with Crippen LogP contribution in [0, 0.1) is 16.0 Å². The Labute approximate surface area is 122 Å². The Bertz CT molecular complexity index is 467. The summed E-state index contributed by atoms with van der Waals surface area (Å²) in [5, 5.41) is 11.0. The fourth-order valence-electron chi connectivity index (χ4n) is 2.41. The first-order valence-electron chi connectivity index (χ1n) is 6.63. The van der Waals surface area contributed by atoms with Crippen LogP contribution in [0.1, 0.15) is 6.42 Å². The zero-order chi connectivity index (χ0) is 14.7. The number of likely N-dealkylation sites (N-methyl/N-ethyl adjacent to an activating group) is 1. The summed E-state index contributed by atoms with van der Waals surface area (Å²) in [4.78, 5) is 25.5. The summed E-state index contributed by atoms with van der Waals surface area (Å²) in [5.74, 6) is -1.72. The minimum absolute atomic E-state index is 0.360. The first-order valence-corrected chi connectivity index (χ1v) is 7.01. The topological polar surface area (TPSA) is 66.7 Å². The van der Waals surface area contributed by atoms with Crippen molar-refractivity contribution >= 4 is 17.5 Å². The number of nitro groups is 1. The Morgan fingerprint density at radius 3 is 2.65 bits per heavy atom. The largest absolute Gasteiger partial charge is 0.451 e. The summed E-state index contributed by atoms with van der Waals surface area (Å²) in [7, 11) is 2.10. The van der Waals surface area contributed by atoms with Crippen LogP contribution in [0.4, 0.5) is 0 Å². The molecule has 0 N–H and O–H groups in total. The molecule has 7 heteroatoms. The lowest BCUT2D eigenvalue weighted by Crippen LogP contribution is -2.45. The van der Waals surface area contributed by atoms with Gasteiger partial charge in [0.15, 0.2) is 0 Å². The number of carbonyl (C=O) groups is 1. The highest BCUT2D eigenvalue weighted by molar-refractivity contribution is 6.32. The van der Waals surface area contributed by atoms with Gasteiger partial charge in [0, 0.05) is 37.8 Å². The minimum atomic E-state index is -0.988. The van der Waals surface area contributed by atoms with E-state index in [-0.39, 0.29) is 0 Å². The van der Waals surface area contributed by atoms with Crippen LogP contribution in [-0.2, 0) is 4.79 Å². The van der Waals surface area contributed by atoms with E-state index >= 15 is 0 Å². The fourth-order valence-corrected chi connectivity index (χ4v) is 2.70. The standard InChI is InChI=1S/C13H18ClN3O3/c1-15-4-6-16(7-5-15)9-11-3-2-10(8-12(11)14)13(18)17(19)20/h3,8,10H,2,4-7,9H2,1H3. The predicted molar refractivity (Wildman–Crippen MR) is 76.1 cm³/mol. The molecule has 0 saturated carbocycles. The van der Waals surface area contributed by atoms with Crippen LogP contribution < -0.4 is 0 Å². The molecule has 1 saturated heterocycles. The molecule has 0 aromatic carbocycles. The van der Waals surface area contributed by atoms with E-state index in [1.54, 1.807) is 0 Å². The highest BCUT2D eigenvalue weighted by Gasteiger charge is 2.30. The second-order valence-corrected chi connectivity index (χ2v) is 5.67. The molecule has 0 bridgehead atoms.